The lowest BCUT2D eigenvalue weighted by atomic mass is 10.2. The average molecular weight is 461 g/mol. The van der Waals surface area contributed by atoms with Crippen molar-refractivity contribution in [2.45, 2.75) is 0 Å². The lowest BCUT2D eigenvalue weighted by molar-refractivity contribution is 0.0972. The highest BCUT2D eigenvalue weighted by Gasteiger charge is 2.14. The number of anilines is 1. The highest BCUT2D eigenvalue weighted by atomic mass is 35.5. The molecule has 0 bridgehead atoms. The van der Waals surface area contributed by atoms with Crippen LogP contribution in [0, 0.1) is 0 Å². The summed E-state index contributed by atoms with van der Waals surface area (Å²) in [4.78, 5) is 12.7. The molecule has 5 nitrogen and oxygen atoms in total. The van der Waals surface area contributed by atoms with Gasteiger partial charge in [0.1, 0.15) is 24.7 Å². The summed E-state index contributed by atoms with van der Waals surface area (Å²) in [5.41, 5.74) is 0.887. The molecule has 1 amide bonds. The van der Waals surface area contributed by atoms with Gasteiger partial charge in [-0.25, -0.2) is 0 Å². The summed E-state index contributed by atoms with van der Waals surface area (Å²) < 4.78 is 11.3. The van der Waals surface area contributed by atoms with Crippen LogP contribution in [-0.2, 0) is 0 Å². The van der Waals surface area contributed by atoms with Crippen molar-refractivity contribution in [3.05, 3.63) is 88.4 Å². The molecule has 0 aliphatic rings. The Morgan fingerprint density at radius 2 is 1.60 bits per heavy atom. The number of ether oxygens (including phenoxy) is 2. The summed E-state index contributed by atoms with van der Waals surface area (Å²) in [6, 6.07) is 21.2. The van der Waals surface area contributed by atoms with Crippen molar-refractivity contribution >= 4 is 52.1 Å². The lowest BCUT2D eigenvalue weighted by Crippen LogP contribution is -2.34. The molecule has 0 spiro atoms. The van der Waals surface area contributed by atoms with E-state index in [1.807, 2.05) is 30.3 Å². The molecule has 0 unspecified atom stereocenters. The van der Waals surface area contributed by atoms with Crippen molar-refractivity contribution in [2.24, 2.45) is 0 Å². The van der Waals surface area contributed by atoms with Crippen LogP contribution in [0.2, 0.25) is 10.0 Å². The number of hydrogen-bond acceptors (Lipinski definition) is 4. The van der Waals surface area contributed by atoms with E-state index in [1.165, 1.54) is 0 Å². The summed E-state index contributed by atoms with van der Waals surface area (Å²) in [6.07, 6.45) is 0. The van der Waals surface area contributed by atoms with Crippen LogP contribution >= 0.6 is 35.4 Å². The quantitative estimate of drug-likeness (QED) is 0.356. The topological polar surface area (TPSA) is 59.6 Å². The van der Waals surface area contributed by atoms with Gasteiger partial charge < -0.3 is 14.8 Å². The van der Waals surface area contributed by atoms with Gasteiger partial charge in [-0.05, 0) is 54.7 Å². The maximum Gasteiger partial charge on any atom is 0.261 e. The SMILES string of the molecule is O=C(NC(=S)Nc1ccc(Cl)cc1Cl)c1ccccc1OCCOc1ccccc1. The van der Waals surface area contributed by atoms with Gasteiger partial charge in [-0.2, -0.15) is 0 Å². The molecule has 0 saturated carbocycles. The number of rotatable bonds is 7. The number of para-hydroxylation sites is 2. The van der Waals surface area contributed by atoms with Crippen molar-refractivity contribution in [3.8, 4) is 11.5 Å². The van der Waals surface area contributed by atoms with E-state index in [2.05, 4.69) is 10.6 Å². The zero-order chi connectivity index (χ0) is 21.3. The maximum atomic E-state index is 12.7. The Balaban J connectivity index is 1.56. The van der Waals surface area contributed by atoms with Gasteiger partial charge in [-0.3, -0.25) is 10.1 Å². The Kier molecular flexibility index (Phi) is 7.90. The lowest BCUT2D eigenvalue weighted by Gasteiger charge is -2.14. The van der Waals surface area contributed by atoms with Gasteiger partial charge in [0.2, 0.25) is 0 Å². The molecule has 0 aliphatic heterocycles. The molecule has 2 N–H and O–H groups in total. The first kappa shape index (κ1) is 21.9. The van der Waals surface area contributed by atoms with Crippen molar-refractivity contribution < 1.29 is 14.3 Å². The maximum absolute atomic E-state index is 12.7. The fourth-order valence-electron chi connectivity index (χ4n) is 2.52. The molecule has 3 aromatic rings. The van der Waals surface area contributed by atoms with E-state index in [4.69, 9.17) is 44.9 Å². The summed E-state index contributed by atoms with van der Waals surface area (Å²) >= 11 is 17.2. The van der Waals surface area contributed by atoms with Gasteiger partial charge in [0.25, 0.3) is 5.91 Å². The van der Waals surface area contributed by atoms with Crippen LogP contribution in [0.15, 0.2) is 72.8 Å². The van der Waals surface area contributed by atoms with Crippen LogP contribution < -0.4 is 20.1 Å². The van der Waals surface area contributed by atoms with E-state index < -0.39 is 5.91 Å². The largest absolute Gasteiger partial charge is 0.490 e. The first-order chi connectivity index (χ1) is 14.5. The molecule has 0 heterocycles. The molecule has 0 radical (unpaired) electrons. The van der Waals surface area contributed by atoms with Crippen LogP contribution in [0.3, 0.4) is 0 Å². The molecule has 0 aliphatic carbocycles. The first-order valence-electron chi connectivity index (χ1n) is 9.00. The third kappa shape index (κ3) is 6.35. The van der Waals surface area contributed by atoms with Gasteiger partial charge in [0.15, 0.2) is 5.11 Å². The highest BCUT2D eigenvalue weighted by Crippen LogP contribution is 2.25. The molecular weight excluding hydrogens is 443 g/mol. The van der Waals surface area contributed by atoms with Crippen LogP contribution in [0.5, 0.6) is 11.5 Å². The molecule has 154 valence electrons. The Hall–Kier alpha value is -2.80. The van der Waals surface area contributed by atoms with E-state index in [9.17, 15) is 4.79 Å². The van der Waals surface area contributed by atoms with Crippen molar-refractivity contribution in [1.29, 1.82) is 0 Å². The van der Waals surface area contributed by atoms with Gasteiger partial charge in [-0.1, -0.05) is 53.5 Å². The van der Waals surface area contributed by atoms with E-state index in [-0.39, 0.29) is 11.7 Å². The van der Waals surface area contributed by atoms with E-state index in [1.54, 1.807) is 42.5 Å². The smallest absolute Gasteiger partial charge is 0.261 e. The minimum absolute atomic E-state index is 0.103. The van der Waals surface area contributed by atoms with Crippen molar-refractivity contribution in [1.82, 2.24) is 5.32 Å². The number of hydrogen-bond donors (Lipinski definition) is 2. The number of halogens is 2. The molecule has 0 aromatic heterocycles. The zero-order valence-corrected chi connectivity index (χ0v) is 18.1. The van der Waals surface area contributed by atoms with Gasteiger partial charge in [0, 0.05) is 5.02 Å². The van der Waals surface area contributed by atoms with Crippen LogP contribution in [0.1, 0.15) is 10.4 Å². The Labute approximate surface area is 189 Å². The molecule has 30 heavy (non-hydrogen) atoms. The molecule has 3 aromatic carbocycles. The predicted octanol–water partition coefficient (Wildman–Crippen LogP) is 5.58. The average Bonchev–Trinajstić information content (AvgIpc) is 2.74. The minimum atomic E-state index is -0.405. The fourth-order valence-corrected chi connectivity index (χ4v) is 3.18. The van der Waals surface area contributed by atoms with Gasteiger partial charge in [-0.15, -0.1) is 0 Å². The van der Waals surface area contributed by atoms with Crippen molar-refractivity contribution in [2.75, 3.05) is 18.5 Å². The van der Waals surface area contributed by atoms with Gasteiger partial charge in [0.05, 0.1) is 16.3 Å². The second-order valence-electron chi connectivity index (χ2n) is 6.04. The first-order valence-corrected chi connectivity index (χ1v) is 10.2. The summed E-state index contributed by atoms with van der Waals surface area (Å²) in [5, 5.41) is 6.49. The fraction of sp³-hybridized carbons (Fsp3) is 0.0909. The second-order valence-corrected chi connectivity index (χ2v) is 7.29. The molecule has 0 saturated heterocycles. The Morgan fingerprint density at radius 1 is 0.900 bits per heavy atom. The molecule has 3 rings (SSSR count). The number of thiocarbonyl (C=S) groups is 1. The number of carbonyl (C=O) groups is 1. The Bertz CT molecular complexity index is 1030. The Morgan fingerprint density at radius 3 is 2.37 bits per heavy atom. The third-order valence-corrected chi connectivity index (χ3v) is 4.64. The normalized spacial score (nSPS) is 10.2. The highest BCUT2D eigenvalue weighted by molar-refractivity contribution is 7.80. The minimum Gasteiger partial charge on any atom is -0.490 e. The van der Waals surface area contributed by atoms with E-state index in [0.29, 0.717) is 33.7 Å². The molecule has 0 atom stereocenters. The predicted molar refractivity (Wildman–Crippen MR) is 124 cm³/mol. The monoisotopic (exact) mass is 460 g/mol. The van der Waals surface area contributed by atoms with E-state index in [0.717, 1.165) is 5.75 Å². The van der Waals surface area contributed by atoms with Crippen LogP contribution in [0.4, 0.5) is 5.69 Å². The van der Waals surface area contributed by atoms with Crippen LogP contribution in [-0.4, -0.2) is 24.2 Å². The third-order valence-electron chi connectivity index (χ3n) is 3.89. The zero-order valence-electron chi connectivity index (χ0n) is 15.7. The molecular formula is C22H18Cl2N2O3S. The second kappa shape index (κ2) is 10.8. The standard InChI is InChI=1S/C22H18Cl2N2O3S/c23-15-10-11-19(18(24)14-15)25-22(30)26-21(27)17-8-4-5-9-20(17)29-13-12-28-16-6-2-1-3-7-16/h1-11,14H,12-13H2,(H2,25,26,27,30). The van der Waals surface area contributed by atoms with Crippen LogP contribution in [0.25, 0.3) is 0 Å². The summed E-state index contributed by atoms with van der Waals surface area (Å²) in [6.45, 7) is 0.622. The summed E-state index contributed by atoms with van der Waals surface area (Å²) in [5.74, 6) is 0.778. The summed E-state index contributed by atoms with van der Waals surface area (Å²) in [7, 11) is 0. The number of nitrogens with one attached hydrogen (secondary N) is 2. The van der Waals surface area contributed by atoms with Crippen molar-refractivity contribution in [3.63, 3.8) is 0 Å². The number of benzene rings is 3. The number of carbonyl (C=O) groups excluding carboxylic acids is 1. The van der Waals surface area contributed by atoms with E-state index >= 15 is 0 Å². The van der Waals surface area contributed by atoms with Gasteiger partial charge >= 0.3 is 0 Å². The molecule has 8 heteroatoms. The molecule has 0 fully saturated rings. The number of amides is 1.